The number of rotatable bonds is 28. The highest BCUT2D eigenvalue weighted by Gasteiger charge is 2.47. The van der Waals surface area contributed by atoms with Gasteiger partial charge in [0.15, 0.2) is 11.6 Å². The molecular weight excluding hydrogens is 1750 g/mol. The number of carbonyl (C=O) groups excluding carboxylic acids is 16. The molecule has 43 heteroatoms. The van der Waals surface area contributed by atoms with Gasteiger partial charge in [-0.15, -0.1) is 11.8 Å². The normalized spacial score (nSPS) is 25.0. The number of Topliss-reactive ketones (excluding diaryl/α,β-unsaturated/α-hetero) is 2. The van der Waals surface area contributed by atoms with Crippen LogP contribution >= 0.6 is 11.8 Å². The number of H-pyrrole nitrogens is 2. The summed E-state index contributed by atoms with van der Waals surface area (Å²) in [6.07, 6.45) is -3.77. The molecule has 0 bridgehead atoms. The van der Waals surface area contributed by atoms with Crippen LogP contribution in [0.1, 0.15) is 153 Å². The Hall–Kier alpha value is -12.9. The largest absolute Gasteiger partial charge is 0.497 e. The van der Waals surface area contributed by atoms with Gasteiger partial charge in [0.25, 0.3) is 0 Å². The lowest BCUT2D eigenvalue weighted by Crippen LogP contribution is -2.61. The van der Waals surface area contributed by atoms with Gasteiger partial charge >= 0.3 is 17.9 Å². The van der Waals surface area contributed by atoms with Crippen molar-refractivity contribution in [1.29, 1.82) is 0 Å². The van der Waals surface area contributed by atoms with Gasteiger partial charge < -0.3 is 119 Å². The molecule has 0 radical (unpaired) electrons. The first kappa shape index (κ1) is 105. The maximum atomic E-state index is 15.8. The van der Waals surface area contributed by atoms with Gasteiger partial charge in [-0.3, -0.25) is 91.1 Å². The molecule has 0 spiro atoms. The third-order valence-electron chi connectivity index (χ3n) is 24.2. The van der Waals surface area contributed by atoms with E-state index in [1.807, 2.05) is 6.92 Å². The van der Waals surface area contributed by atoms with Crippen LogP contribution in [-0.4, -0.2) is 318 Å². The van der Waals surface area contributed by atoms with Crippen LogP contribution in [-0.2, 0) is 110 Å². The van der Waals surface area contributed by atoms with E-state index in [9.17, 15) is 78.0 Å². The number of aromatic amines is 2. The maximum Gasteiger partial charge on any atom is 0.305 e. The molecule has 0 aliphatic carbocycles. The molecule has 0 saturated carbocycles. The van der Waals surface area contributed by atoms with Gasteiger partial charge in [-0.25, -0.2) is 0 Å². The summed E-state index contributed by atoms with van der Waals surface area (Å²) in [5, 5.41) is 63.6. The third-order valence-corrected chi connectivity index (χ3v) is 25.3. The second-order valence-electron chi connectivity index (χ2n) is 33.7. The zero-order chi connectivity index (χ0) is 97.6. The molecule has 2 aromatic heterocycles. The molecular formula is C90H124N18O24S. The molecule has 14 amide bonds. The molecule has 724 valence electrons. The fraction of sp³-hybridized carbons (Fsp3) is 0.544. The van der Waals surface area contributed by atoms with E-state index in [1.54, 1.807) is 92.1 Å². The molecule has 3 aliphatic rings. The van der Waals surface area contributed by atoms with E-state index in [0.717, 1.165) is 36.3 Å². The van der Waals surface area contributed by atoms with Gasteiger partial charge in [0.1, 0.15) is 72.2 Å². The summed E-state index contributed by atoms with van der Waals surface area (Å²) >= 11 is 0.748. The number of carboxylic acids is 3. The van der Waals surface area contributed by atoms with Gasteiger partial charge in [0.2, 0.25) is 82.7 Å². The van der Waals surface area contributed by atoms with Crippen molar-refractivity contribution < 1.29 is 116 Å². The summed E-state index contributed by atoms with van der Waals surface area (Å²) in [4.78, 5) is 284. The number of amides is 14. The van der Waals surface area contributed by atoms with Crippen LogP contribution in [0.25, 0.3) is 21.8 Å². The Balaban J connectivity index is 1.20. The number of para-hydroxylation sites is 2. The number of aliphatic hydroxyl groups excluding tert-OH is 1. The number of aromatic nitrogens is 2. The van der Waals surface area contributed by atoms with Crippen LogP contribution < -0.4 is 64.5 Å². The molecule has 8 rings (SSSR count). The molecule has 3 aliphatic heterocycles. The van der Waals surface area contributed by atoms with Crippen molar-refractivity contribution in [2.75, 3.05) is 65.9 Å². The second kappa shape index (κ2) is 50.6. The Morgan fingerprint density at radius 2 is 1.04 bits per heavy atom. The van der Waals surface area contributed by atoms with Gasteiger partial charge in [-0.05, 0) is 99.4 Å². The number of primary amides is 1. The van der Waals surface area contributed by atoms with Crippen molar-refractivity contribution in [3.05, 3.63) is 102 Å². The molecule has 133 heavy (non-hydrogen) atoms. The number of fused-ring (bicyclic) bond motifs is 4. The molecule has 3 aromatic carbocycles. The maximum absolute atomic E-state index is 15.8. The van der Waals surface area contributed by atoms with Gasteiger partial charge in [0.05, 0.1) is 37.5 Å². The van der Waals surface area contributed by atoms with E-state index < -0.39 is 285 Å². The second-order valence-corrected chi connectivity index (χ2v) is 34.8. The molecule has 42 nitrogen and oxygen atoms in total. The molecule has 5 heterocycles. The molecule has 20 N–H and O–H groups in total. The number of hydrogen-bond acceptors (Lipinski definition) is 24. The summed E-state index contributed by atoms with van der Waals surface area (Å²) in [6.45, 7) is 3.16. The first-order valence-electron chi connectivity index (χ1n) is 44.5. The Bertz CT molecular complexity index is 5030. The highest BCUT2D eigenvalue weighted by Crippen LogP contribution is 2.29. The number of ketones is 2. The lowest BCUT2D eigenvalue weighted by Gasteiger charge is -2.36. The predicted octanol–water partition coefficient (Wildman–Crippen LogP) is -0.933. The number of unbranched alkanes of at least 4 members (excludes halogenated alkanes) is 2. The van der Waals surface area contributed by atoms with Crippen LogP contribution in [0.3, 0.4) is 0 Å². The number of hydrogen-bond donors (Lipinski definition) is 17. The number of methoxy groups -OCH3 is 1. The van der Waals surface area contributed by atoms with E-state index in [0.29, 0.717) is 63.5 Å². The monoisotopic (exact) mass is 1870 g/mol. The molecule has 15 atom stereocenters. The SMILES string of the molecule is CCCC[C@H]1C(=O)N(C)[C@@H](CCCC)C(=O)N[C@@H](CCC(=O)O)C(=O)N[C@H](C(=O)CCC(N)=O)CSCC(=O)N[C@@H](Cc2ccc(OC)cc2)C(=O)N(C)[C@@H](C)C(=O)N[C@@H](CC(=O)O)C(=O)N2CCC[C@H]2C(=O)N[C@@H](CN)C(=O)N[C@@H](CCC(=O)O)C(=O)N2C[C@H](O)C[C@H]2C(=O)N[C@@H](Cc2c[nH]c3ccccc23)C(=O)C[C@@H](CCN)C(=O)N[C@@H](Cc2c[nH]c3ccccc23)C(=O)N1C. The van der Waals surface area contributed by atoms with Gasteiger partial charge in [-0.1, -0.05) is 88.1 Å². The minimum Gasteiger partial charge on any atom is -0.497 e. The first-order chi connectivity index (χ1) is 63.3. The number of nitrogens with one attached hydrogen (secondary N) is 10. The predicted molar refractivity (Wildman–Crippen MR) is 484 cm³/mol. The number of ether oxygens (including phenoxy) is 1. The van der Waals surface area contributed by atoms with Crippen molar-refractivity contribution in [2.24, 2.45) is 23.1 Å². The van der Waals surface area contributed by atoms with Crippen molar-refractivity contribution in [3.8, 4) is 5.75 Å². The molecule has 5 aromatic rings. The zero-order valence-corrected chi connectivity index (χ0v) is 76.5. The minimum absolute atomic E-state index is 0.0215. The quantitative estimate of drug-likeness (QED) is 0.0288. The lowest BCUT2D eigenvalue weighted by molar-refractivity contribution is -0.149. The van der Waals surface area contributed by atoms with Crippen molar-refractivity contribution in [3.63, 3.8) is 0 Å². The smallest absolute Gasteiger partial charge is 0.305 e. The standard InChI is InChI=1S/C90H124N18O24S/c1-8-10-21-68-83(124)97-60(28-32-76(114)115)81(122)103-67(72(110)30-31-74(93)112)47-133-48-75(113)96-63(37-50-24-26-55(132-7)27-25-50)86(127)104(4)49(3)79(120)100-65(42-78(118)119)89(130)107-36-16-23-69(107)84(125)102-66(43-92)82(123)98-61(29-33-77(116)117)88(129)108-46-54(109)41-71(108)85(126)99-62(38-52-44-94-58-19-14-12-17-56(52)58)73(111)40-51(34-35-91)80(121)101-64(39-53-45-95-59-20-15-13-18-57(53)59)87(128)106(6)70(22-11-9-2)90(131)105(68)5/h12-15,17-20,24-27,44-45,49,51,54,60-71,94-95,109H,8-11,16,21-23,28-43,46-48,91-92H2,1-7H3,(H2,93,112)(H,96,113)(H,97,124)(H,98,123)(H,99,126)(H,100,120)(H,101,121)(H,102,125)(H,103,122)(H,114,115)(H,116,117)(H,118,119)/t49-,51+,54+,60-,61-,62-,63-,64-,65-,66-,67-,68-,69-,70-,71-/m0/s1. The molecule has 3 fully saturated rings. The van der Waals surface area contributed by atoms with Crippen LogP contribution in [0.4, 0.5) is 0 Å². The van der Waals surface area contributed by atoms with Crippen LogP contribution in [0.15, 0.2) is 85.2 Å². The average Bonchev–Trinajstić information content (AvgIpc) is 1.68. The van der Waals surface area contributed by atoms with E-state index in [2.05, 4.69) is 52.5 Å². The van der Waals surface area contributed by atoms with Crippen LogP contribution in [0.5, 0.6) is 5.75 Å². The van der Waals surface area contributed by atoms with Gasteiger partial charge in [0, 0.05) is 144 Å². The van der Waals surface area contributed by atoms with E-state index >= 15 is 33.6 Å². The molecule has 3 saturated heterocycles. The van der Waals surface area contributed by atoms with E-state index in [4.69, 9.17) is 21.9 Å². The van der Waals surface area contributed by atoms with E-state index in [1.165, 1.54) is 35.2 Å². The minimum atomic E-state index is -1.93. The third kappa shape index (κ3) is 29.5. The summed E-state index contributed by atoms with van der Waals surface area (Å²) in [5.74, 6) is -21.7. The lowest BCUT2D eigenvalue weighted by atomic mass is 9.91. The summed E-state index contributed by atoms with van der Waals surface area (Å²) < 4.78 is 5.31. The Morgan fingerprint density at radius 1 is 0.511 bits per heavy atom. The van der Waals surface area contributed by atoms with Gasteiger partial charge in [-0.2, -0.15) is 0 Å². The number of benzene rings is 3. The Labute approximate surface area is 772 Å². The number of aliphatic carboxylic acids is 3. The summed E-state index contributed by atoms with van der Waals surface area (Å²) in [7, 11) is 5.24. The Morgan fingerprint density at radius 3 is 1.62 bits per heavy atom. The fourth-order valence-electron chi connectivity index (χ4n) is 16.5. The van der Waals surface area contributed by atoms with Crippen molar-refractivity contribution >= 4 is 146 Å². The molecule has 0 unspecified atom stereocenters. The summed E-state index contributed by atoms with van der Waals surface area (Å²) in [5.41, 5.74) is 20.6. The van der Waals surface area contributed by atoms with E-state index in [-0.39, 0.29) is 70.9 Å². The summed E-state index contributed by atoms with van der Waals surface area (Å²) in [6, 6.07) is -0.676. The average molecular weight is 1870 g/mol. The number of carbonyl (C=O) groups is 19. The fourth-order valence-corrected chi connectivity index (χ4v) is 17.4. The number of nitrogens with two attached hydrogens (primary N) is 3. The highest BCUT2D eigenvalue weighted by molar-refractivity contribution is 8.00. The Kier molecular flexibility index (Phi) is 40.2. The van der Waals surface area contributed by atoms with Crippen molar-refractivity contribution in [2.45, 2.75) is 240 Å². The van der Waals surface area contributed by atoms with Crippen molar-refractivity contribution in [1.82, 2.24) is 77.0 Å². The number of likely N-dealkylation sites (N-methyl/N-ethyl adjacent to an activating group) is 3. The number of thioether (sulfide) groups is 1. The highest BCUT2D eigenvalue weighted by atomic mass is 32.2. The number of carboxylic acid groups (broad SMARTS) is 3. The first-order valence-corrected chi connectivity index (χ1v) is 45.7. The van der Waals surface area contributed by atoms with Crippen LogP contribution in [0.2, 0.25) is 0 Å². The topological polar surface area (TPSA) is 637 Å². The zero-order valence-electron chi connectivity index (χ0n) is 75.7. The van der Waals surface area contributed by atoms with Crippen LogP contribution in [0, 0.1) is 5.92 Å². The number of aliphatic hydroxyl groups is 1. The number of nitrogens with zero attached hydrogens (tertiary/aromatic N) is 5.